The van der Waals surface area contributed by atoms with Crippen LogP contribution >= 0.6 is 11.3 Å². The molecular formula is C21H25N5OS. The number of aromatic nitrogens is 4. The molecule has 1 fully saturated rings. The van der Waals surface area contributed by atoms with Crippen molar-refractivity contribution >= 4 is 17.2 Å². The first-order chi connectivity index (χ1) is 13.5. The van der Waals surface area contributed by atoms with Crippen molar-refractivity contribution in [3.8, 4) is 17.2 Å². The molecule has 0 aliphatic carbocycles. The molecule has 1 aliphatic rings. The van der Waals surface area contributed by atoms with E-state index in [9.17, 15) is 4.79 Å². The third kappa shape index (κ3) is 3.35. The summed E-state index contributed by atoms with van der Waals surface area (Å²) in [7, 11) is 0. The Kier molecular flexibility index (Phi) is 5.02. The van der Waals surface area contributed by atoms with Crippen LogP contribution in [0.1, 0.15) is 52.0 Å². The molecule has 0 bridgehead atoms. The molecule has 4 rings (SSSR count). The van der Waals surface area contributed by atoms with Gasteiger partial charge in [-0.2, -0.15) is 5.10 Å². The summed E-state index contributed by atoms with van der Waals surface area (Å²) in [6.45, 7) is 9.04. The monoisotopic (exact) mass is 395 g/mol. The highest BCUT2D eigenvalue weighted by Gasteiger charge is 2.27. The Labute approximate surface area is 169 Å². The Hall–Kier alpha value is -2.54. The quantitative estimate of drug-likeness (QED) is 0.662. The lowest BCUT2D eigenvalue weighted by molar-refractivity contribution is 0.0635. The number of thiophene rings is 1. The van der Waals surface area contributed by atoms with E-state index >= 15 is 0 Å². The second-order valence-corrected chi connectivity index (χ2v) is 8.93. The fourth-order valence-corrected chi connectivity index (χ4v) is 4.79. The molecule has 0 aromatic carbocycles. The van der Waals surface area contributed by atoms with Crippen LogP contribution in [0.25, 0.3) is 17.2 Å². The van der Waals surface area contributed by atoms with Gasteiger partial charge in [0.25, 0.3) is 11.9 Å². The van der Waals surface area contributed by atoms with E-state index in [1.807, 2.05) is 17.9 Å². The van der Waals surface area contributed by atoms with Gasteiger partial charge >= 0.3 is 0 Å². The molecule has 1 unspecified atom stereocenters. The highest BCUT2D eigenvalue weighted by atomic mass is 32.1. The molecular weight excluding hydrogens is 370 g/mol. The van der Waals surface area contributed by atoms with Crippen LogP contribution in [0.5, 0.6) is 0 Å². The minimum absolute atomic E-state index is 0.0522. The molecule has 0 saturated carbocycles. The molecule has 3 aromatic heterocycles. The van der Waals surface area contributed by atoms with Gasteiger partial charge in [0.15, 0.2) is 0 Å². The Morgan fingerprint density at radius 1 is 1.25 bits per heavy atom. The number of likely N-dealkylation sites (tertiary alicyclic amines) is 1. The average Bonchev–Trinajstić information content (AvgIpc) is 3.23. The molecule has 1 saturated heterocycles. The van der Waals surface area contributed by atoms with Gasteiger partial charge in [0, 0.05) is 34.1 Å². The molecule has 28 heavy (non-hydrogen) atoms. The predicted molar refractivity (Wildman–Crippen MR) is 111 cm³/mol. The minimum atomic E-state index is 0.0522. The fraction of sp³-hybridized carbons (Fsp3) is 0.429. The second-order valence-electron chi connectivity index (χ2n) is 7.47. The Balaban J connectivity index is 1.67. The number of nitrogens with zero attached hydrogens (tertiary/aromatic N) is 5. The van der Waals surface area contributed by atoms with E-state index in [4.69, 9.17) is 4.98 Å². The first kappa shape index (κ1) is 18.8. The van der Waals surface area contributed by atoms with E-state index < -0.39 is 0 Å². The van der Waals surface area contributed by atoms with Crippen molar-refractivity contribution in [3.05, 3.63) is 45.5 Å². The maximum absolute atomic E-state index is 13.0. The number of carbonyl (C=O) groups is 1. The van der Waals surface area contributed by atoms with Crippen molar-refractivity contribution < 1.29 is 4.79 Å². The predicted octanol–water partition coefficient (Wildman–Crippen LogP) is 4.33. The van der Waals surface area contributed by atoms with Gasteiger partial charge in [-0.15, -0.1) is 11.3 Å². The molecule has 1 aliphatic heterocycles. The summed E-state index contributed by atoms with van der Waals surface area (Å²) >= 11 is 1.76. The smallest absolute Gasteiger partial charge is 0.257 e. The molecule has 3 aromatic rings. The lowest BCUT2D eigenvalue weighted by Gasteiger charge is -2.33. The van der Waals surface area contributed by atoms with E-state index in [2.05, 4.69) is 36.9 Å². The Bertz CT molecular complexity index is 1020. The third-order valence-corrected chi connectivity index (χ3v) is 6.42. The molecule has 6 nitrogen and oxygen atoms in total. The van der Waals surface area contributed by atoms with Crippen molar-refractivity contribution in [3.63, 3.8) is 0 Å². The minimum Gasteiger partial charge on any atom is -0.336 e. The maximum Gasteiger partial charge on any atom is 0.257 e. The van der Waals surface area contributed by atoms with Gasteiger partial charge in [-0.25, -0.2) is 14.6 Å². The van der Waals surface area contributed by atoms with Gasteiger partial charge in [0.05, 0.1) is 23.1 Å². The molecule has 4 heterocycles. The molecule has 1 amide bonds. The summed E-state index contributed by atoms with van der Waals surface area (Å²) in [6, 6.07) is 4.33. The molecule has 7 heteroatoms. The standard InChI is InChI=1S/C21H25N5OS/c1-13-7-5-6-10-25(13)20(27)18-12-23-26(15(18)3)21-22-9-8-19(24-21)17-11-14(2)28-16(17)4/h8-9,11-13H,5-7,10H2,1-4H3. The van der Waals surface area contributed by atoms with Crippen molar-refractivity contribution in [1.82, 2.24) is 24.6 Å². The van der Waals surface area contributed by atoms with Crippen LogP contribution in [0, 0.1) is 20.8 Å². The zero-order chi connectivity index (χ0) is 19.8. The molecule has 0 radical (unpaired) electrons. The lowest BCUT2D eigenvalue weighted by Crippen LogP contribution is -2.42. The van der Waals surface area contributed by atoms with Crippen molar-refractivity contribution in [2.75, 3.05) is 6.54 Å². The van der Waals surface area contributed by atoms with Gasteiger partial charge in [0.2, 0.25) is 0 Å². The number of hydrogen-bond donors (Lipinski definition) is 0. The van der Waals surface area contributed by atoms with E-state index in [0.29, 0.717) is 11.5 Å². The summed E-state index contributed by atoms with van der Waals surface area (Å²) in [5.74, 6) is 0.542. The number of amides is 1. The summed E-state index contributed by atoms with van der Waals surface area (Å²) in [5, 5.41) is 4.44. The van der Waals surface area contributed by atoms with Crippen molar-refractivity contribution in [2.45, 2.75) is 53.0 Å². The van der Waals surface area contributed by atoms with E-state index in [1.54, 1.807) is 28.4 Å². The van der Waals surface area contributed by atoms with Gasteiger partial charge in [-0.3, -0.25) is 4.79 Å². The molecule has 0 spiro atoms. The zero-order valence-electron chi connectivity index (χ0n) is 16.8. The molecule has 1 atom stereocenters. The molecule has 0 N–H and O–H groups in total. The lowest BCUT2D eigenvalue weighted by atomic mass is 10.0. The summed E-state index contributed by atoms with van der Waals surface area (Å²) in [5.41, 5.74) is 3.40. The van der Waals surface area contributed by atoms with Gasteiger partial charge in [-0.05, 0) is 59.1 Å². The first-order valence-corrected chi connectivity index (χ1v) is 10.5. The number of aryl methyl sites for hydroxylation is 2. The number of carbonyl (C=O) groups excluding carboxylic acids is 1. The van der Waals surface area contributed by atoms with Crippen LogP contribution in [0.3, 0.4) is 0 Å². The largest absolute Gasteiger partial charge is 0.336 e. The van der Waals surface area contributed by atoms with Gasteiger partial charge in [-0.1, -0.05) is 0 Å². The maximum atomic E-state index is 13.0. The number of rotatable bonds is 3. The van der Waals surface area contributed by atoms with E-state index in [1.165, 1.54) is 16.2 Å². The van der Waals surface area contributed by atoms with Crippen LogP contribution in [0.15, 0.2) is 24.5 Å². The summed E-state index contributed by atoms with van der Waals surface area (Å²) in [4.78, 5) is 26.6. The summed E-state index contributed by atoms with van der Waals surface area (Å²) in [6.07, 6.45) is 6.71. The van der Waals surface area contributed by atoms with Crippen LogP contribution in [-0.2, 0) is 0 Å². The normalized spacial score (nSPS) is 17.1. The second kappa shape index (κ2) is 7.47. The number of piperidine rings is 1. The van der Waals surface area contributed by atoms with Crippen molar-refractivity contribution in [2.24, 2.45) is 0 Å². The van der Waals surface area contributed by atoms with Crippen LogP contribution in [0.4, 0.5) is 0 Å². The first-order valence-electron chi connectivity index (χ1n) is 9.72. The third-order valence-electron chi connectivity index (χ3n) is 5.45. The van der Waals surface area contributed by atoms with Crippen LogP contribution in [-0.4, -0.2) is 43.1 Å². The highest BCUT2D eigenvalue weighted by Crippen LogP contribution is 2.29. The number of hydrogen-bond acceptors (Lipinski definition) is 5. The van der Waals surface area contributed by atoms with E-state index in [0.717, 1.165) is 36.3 Å². The SMILES string of the molecule is Cc1cc(-c2ccnc(-n3ncc(C(=O)N4CCCCC4C)c3C)n2)c(C)s1. The van der Waals surface area contributed by atoms with Gasteiger partial charge < -0.3 is 4.90 Å². The zero-order valence-corrected chi connectivity index (χ0v) is 17.6. The van der Waals surface area contributed by atoms with Crippen LogP contribution < -0.4 is 0 Å². The molecule has 146 valence electrons. The topological polar surface area (TPSA) is 63.9 Å². The Morgan fingerprint density at radius 3 is 2.79 bits per heavy atom. The Morgan fingerprint density at radius 2 is 2.07 bits per heavy atom. The fourth-order valence-electron chi connectivity index (χ4n) is 3.86. The highest BCUT2D eigenvalue weighted by molar-refractivity contribution is 7.12. The van der Waals surface area contributed by atoms with Gasteiger partial charge in [0.1, 0.15) is 0 Å². The van der Waals surface area contributed by atoms with E-state index in [-0.39, 0.29) is 11.9 Å². The summed E-state index contributed by atoms with van der Waals surface area (Å²) < 4.78 is 1.67. The van der Waals surface area contributed by atoms with Crippen LogP contribution in [0.2, 0.25) is 0 Å². The average molecular weight is 396 g/mol. The van der Waals surface area contributed by atoms with Crippen molar-refractivity contribution in [1.29, 1.82) is 0 Å².